The van der Waals surface area contributed by atoms with Gasteiger partial charge in [-0.2, -0.15) is 0 Å². The summed E-state index contributed by atoms with van der Waals surface area (Å²) >= 11 is 0. The number of hydrogen-bond donors (Lipinski definition) is 1. The molecule has 0 radical (unpaired) electrons. The average molecular weight is 271 g/mol. The first-order chi connectivity index (χ1) is 9.65. The largest absolute Gasteiger partial charge is 0.494 e. The summed E-state index contributed by atoms with van der Waals surface area (Å²) in [7, 11) is 0. The Hall–Kier alpha value is -1.87. The molecule has 1 unspecified atom stereocenters. The minimum atomic E-state index is -0.588. The summed E-state index contributed by atoms with van der Waals surface area (Å²) < 4.78 is 19.1. The third kappa shape index (κ3) is 1.98. The van der Waals surface area contributed by atoms with Gasteiger partial charge >= 0.3 is 0 Å². The average Bonchev–Trinajstić information content (AvgIpc) is 2.78. The van der Waals surface area contributed by atoms with Gasteiger partial charge in [0.15, 0.2) is 0 Å². The molecule has 1 aliphatic rings. The number of para-hydroxylation sites is 1. The highest BCUT2D eigenvalue weighted by Gasteiger charge is 2.38. The van der Waals surface area contributed by atoms with Crippen LogP contribution in [-0.2, 0) is 12.0 Å². The summed E-state index contributed by atoms with van der Waals surface area (Å²) in [6.07, 6.45) is 1.57. The Bertz CT molecular complexity index is 641. The van der Waals surface area contributed by atoms with E-state index in [1.54, 1.807) is 12.1 Å². The maximum Gasteiger partial charge on any atom is 0.124 e. The van der Waals surface area contributed by atoms with Crippen LogP contribution in [0.1, 0.15) is 30.0 Å². The van der Waals surface area contributed by atoms with Crippen LogP contribution in [-0.4, -0.2) is 6.61 Å². The molecule has 0 amide bonds. The molecule has 2 aromatic rings. The number of halogens is 1. The molecular formula is C17H18FNO. The molecule has 2 N–H and O–H groups in total. The van der Waals surface area contributed by atoms with Crippen molar-refractivity contribution in [1.29, 1.82) is 0 Å². The second kappa shape index (κ2) is 4.91. The van der Waals surface area contributed by atoms with Crippen molar-refractivity contribution >= 4 is 0 Å². The van der Waals surface area contributed by atoms with E-state index >= 15 is 0 Å². The zero-order valence-electron chi connectivity index (χ0n) is 11.5. The number of rotatable bonds is 3. The van der Waals surface area contributed by atoms with Gasteiger partial charge in [-0.25, -0.2) is 4.39 Å². The lowest BCUT2D eigenvalue weighted by Gasteiger charge is -2.28. The summed E-state index contributed by atoms with van der Waals surface area (Å²) in [4.78, 5) is 0. The number of fused-ring (bicyclic) bond motifs is 1. The standard InChI is InChI=1S/C17H18FNO/c1-2-20-16-6-4-3-5-15(16)17(19)10-9-12-11-13(18)7-8-14(12)17/h3-8,11H,2,9-10,19H2,1H3. The predicted molar refractivity (Wildman–Crippen MR) is 77.3 cm³/mol. The second-order valence-electron chi connectivity index (χ2n) is 5.20. The van der Waals surface area contributed by atoms with Gasteiger partial charge < -0.3 is 10.5 Å². The molecule has 104 valence electrons. The van der Waals surface area contributed by atoms with Crippen molar-refractivity contribution in [1.82, 2.24) is 0 Å². The lowest BCUT2D eigenvalue weighted by Crippen LogP contribution is -2.35. The van der Waals surface area contributed by atoms with Gasteiger partial charge in [0.25, 0.3) is 0 Å². The van der Waals surface area contributed by atoms with E-state index in [1.165, 1.54) is 6.07 Å². The highest BCUT2D eigenvalue weighted by atomic mass is 19.1. The van der Waals surface area contributed by atoms with Crippen molar-refractivity contribution < 1.29 is 9.13 Å². The van der Waals surface area contributed by atoms with Gasteiger partial charge in [-0.05, 0) is 49.1 Å². The van der Waals surface area contributed by atoms with Gasteiger partial charge in [0.1, 0.15) is 11.6 Å². The van der Waals surface area contributed by atoms with Crippen molar-refractivity contribution in [2.75, 3.05) is 6.61 Å². The van der Waals surface area contributed by atoms with Crippen molar-refractivity contribution in [2.45, 2.75) is 25.3 Å². The number of benzene rings is 2. The highest BCUT2D eigenvalue weighted by molar-refractivity contribution is 5.51. The number of aryl methyl sites for hydroxylation is 1. The Morgan fingerprint density at radius 1 is 1.20 bits per heavy atom. The number of hydrogen-bond acceptors (Lipinski definition) is 2. The molecule has 3 heteroatoms. The van der Waals surface area contributed by atoms with E-state index in [0.717, 1.165) is 35.3 Å². The molecule has 0 saturated heterocycles. The van der Waals surface area contributed by atoms with Crippen molar-refractivity contribution in [3.8, 4) is 5.75 Å². The fourth-order valence-corrected chi connectivity index (χ4v) is 3.07. The quantitative estimate of drug-likeness (QED) is 0.929. The minimum absolute atomic E-state index is 0.203. The number of ether oxygens (including phenoxy) is 1. The highest BCUT2D eigenvalue weighted by Crippen LogP contribution is 2.43. The zero-order valence-corrected chi connectivity index (χ0v) is 11.5. The van der Waals surface area contributed by atoms with Gasteiger partial charge in [0.05, 0.1) is 12.1 Å². The zero-order chi connectivity index (χ0) is 14.2. The van der Waals surface area contributed by atoms with Crippen LogP contribution >= 0.6 is 0 Å². The lowest BCUT2D eigenvalue weighted by molar-refractivity contribution is 0.328. The molecule has 0 fully saturated rings. The Morgan fingerprint density at radius 2 is 2.00 bits per heavy atom. The topological polar surface area (TPSA) is 35.2 Å². The molecule has 0 spiro atoms. The molecule has 0 bridgehead atoms. The maximum atomic E-state index is 13.4. The van der Waals surface area contributed by atoms with Gasteiger partial charge in [-0.3, -0.25) is 0 Å². The smallest absolute Gasteiger partial charge is 0.124 e. The fraction of sp³-hybridized carbons (Fsp3) is 0.294. The maximum absolute atomic E-state index is 13.4. The number of nitrogens with two attached hydrogens (primary N) is 1. The molecule has 3 rings (SSSR count). The van der Waals surface area contributed by atoms with Crippen molar-refractivity contribution in [3.63, 3.8) is 0 Å². The Labute approximate surface area is 118 Å². The predicted octanol–water partition coefficient (Wildman–Crippen LogP) is 3.37. The van der Waals surface area contributed by atoms with Gasteiger partial charge in [0.2, 0.25) is 0 Å². The van der Waals surface area contributed by atoms with Crippen molar-refractivity contribution in [2.24, 2.45) is 5.73 Å². The summed E-state index contributed by atoms with van der Waals surface area (Å²) in [5, 5.41) is 0. The van der Waals surface area contributed by atoms with E-state index in [-0.39, 0.29) is 5.82 Å². The minimum Gasteiger partial charge on any atom is -0.494 e. The molecule has 2 aromatic carbocycles. The fourth-order valence-electron chi connectivity index (χ4n) is 3.07. The summed E-state index contributed by atoms with van der Waals surface area (Å²) in [6.45, 7) is 2.56. The molecular weight excluding hydrogens is 253 g/mol. The molecule has 1 aliphatic carbocycles. The molecule has 0 aliphatic heterocycles. The van der Waals surface area contributed by atoms with Crippen LogP contribution < -0.4 is 10.5 Å². The van der Waals surface area contributed by atoms with Crippen LogP contribution in [0.25, 0.3) is 0 Å². The van der Waals surface area contributed by atoms with Crippen molar-refractivity contribution in [3.05, 3.63) is 65.0 Å². The Kier molecular flexibility index (Phi) is 3.22. The molecule has 1 atom stereocenters. The summed E-state index contributed by atoms with van der Waals surface area (Å²) in [5.74, 6) is 0.612. The normalized spacial score (nSPS) is 20.8. The van der Waals surface area contributed by atoms with E-state index in [1.807, 2.05) is 31.2 Å². The van der Waals surface area contributed by atoms with Crippen LogP contribution in [0.5, 0.6) is 5.75 Å². The first-order valence-corrected chi connectivity index (χ1v) is 6.95. The summed E-state index contributed by atoms with van der Waals surface area (Å²) in [6, 6.07) is 12.7. The van der Waals surface area contributed by atoms with Crippen LogP contribution in [0, 0.1) is 5.82 Å². The molecule has 0 saturated carbocycles. The molecule has 20 heavy (non-hydrogen) atoms. The molecule has 0 aromatic heterocycles. The first kappa shape index (κ1) is 13.1. The van der Waals surface area contributed by atoms with Crippen LogP contribution in [0.2, 0.25) is 0 Å². The summed E-state index contributed by atoms with van der Waals surface area (Å²) in [5.41, 5.74) is 9.07. The third-order valence-electron chi connectivity index (χ3n) is 4.00. The molecule has 0 heterocycles. The SMILES string of the molecule is CCOc1ccccc1C1(N)CCc2cc(F)ccc21. The van der Waals surface area contributed by atoms with E-state index in [2.05, 4.69) is 0 Å². The lowest BCUT2D eigenvalue weighted by atomic mass is 9.84. The molecule has 2 nitrogen and oxygen atoms in total. The van der Waals surface area contributed by atoms with E-state index in [0.29, 0.717) is 6.61 Å². The Morgan fingerprint density at radius 3 is 2.80 bits per heavy atom. The van der Waals surface area contributed by atoms with E-state index < -0.39 is 5.54 Å². The second-order valence-corrected chi connectivity index (χ2v) is 5.20. The van der Waals surface area contributed by atoms with Gasteiger partial charge in [-0.15, -0.1) is 0 Å². The third-order valence-corrected chi connectivity index (χ3v) is 4.00. The monoisotopic (exact) mass is 271 g/mol. The van der Waals surface area contributed by atoms with Gasteiger partial charge in [-0.1, -0.05) is 24.3 Å². The van der Waals surface area contributed by atoms with E-state index in [9.17, 15) is 4.39 Å². The van der Waals surface area contributed by atoms with Crippen LogP contribution in [0.4, 0.5) is 4.39 Å². The van der Waals surface area contributed by atoms with Crippen LogP contribution in [0.15, 0.2) is 42.5 Å². The Balaban J connectivity index is 2.12. The van der Waals surface area contributed by atoms with Crippen LogP contribution in [0.3, 0.4) is 0 Å². The van der Waals surface area contributed by atoms with E-state index in [4.69, 9.17) is 10.5 Å². The van der Waals surface area contributed by atoms with Gasteiger partial charge in [0, 0.05) is 5.56 Å². The first-order valence-electron chi connectivity index (χ1n) is 6.95.